The van der Waals surface area contributed by atoms with Gasteiger partial charge in [-0.1, -0.05) is 0 Å². The maximum absolute atomic E-state index is 12.0. The van der Waals surface area contributed by atoms with Gasteiger partial charge < -0.3 is 25.0 Å². The molecule has 0 spiro atoms. The molecule has 7 nitrogen and oxygen atoms in total. The summed E-state index contributed by atoms with van der Waals surface area (Å²) >= 11 is 0. The van der Waals surface area contributed by atoms with Crippen LogP contribution in [0.1, 0.15) is 0 Å². The molecule has 2 heterocycles. The number of hydrogen-bond donors (Lipinski definition) is 2. The van der Waals surface area contributed by atoms with E-state index in [-0.39, 0.29) is 12.6 Å². The summed E-state index contributed by atoms with van der Waals surface area (Å²) in [5.41, 5.74) is 1.09. The third kappa shape index (κ3) is 4.87. The summed E-state index contributed by atoms with van der Waals surface area (Å²) in [5.74, 6) is 0. The van der Waals surface area contributed by atoms with E-state index in [0.717, 1.165) is 18.8 Å². The normalized spacial score (nSPS) is 15.1. The second-order valence-electron chi connectivity index (χ2n) is 4.75. The zero-order valence-electron chi connectivity index (χ0n) is 12.1. The van der Waals surface area contributed by atoms with E-state index in [9.17, 15) is 4.79 Å². The van der Waals surface area contributed by atoms with Gasteiger partial charge in [0.15, 0.2) is 0 Å². The van der Waals surface area contributed by atoms with E-state index in [0.29, 0.717) is 32.8 Å². The maximum atomic E-state index is 12.0. The minimum absolute atomic E-state index is 0.00422. The van der Waals surface area contributed by atoms with Crippen molar-refractivity contribution in [2.45, 2.75) is 0 Å². The van der Waals surface area contributed by atoms with Crippen LogP contribution in [-0.2, 0) is 4.74 Å². The van der Waals surface area contributed by atoms with E-state index in [4.69, 9.17) is 9.84 Å². The number of rotatable bonds is 6. The summed E-state index contributed by atoms with van der Waals surface area (Å²) < 4.78 is 5.10. The molecule has 0 radical (unpaired) electrons. The lowest BCUT2D eigenvalue weighted by molar-refractivity contribution is 0.0936. The van der Waals surface area contributed by atoms with Crippen molar-refractivity contribution >= 4 is 11.7 Å². The van der Waals surface area contributed by atoms with Crippen molar-refractivity contribution in [1.29, 1.82) is 0 Å². The molecule has 0 saturated carbocycles. The van der Waals surface area contributed by atoms with Gasteiger partial charge in [-0.3, -0.25) is 4.98 Å². The molecule has 0 aliphatic carbocycles. The predicted octanol–water partition coefficient (Wildman–Crippen LogP) is -0.0779. The van der Waals surface area contributed by atoms with Crippen LogP contribution in [-0.4, -0.2) is 73.6 Å². The van der Waals surface area contributed by atoms with Crippen LogP contribution >= 0.6 is 0 Å². The molecule has 2 amide bonds. The van der Waals surface area contributed by atoms with Crippen LogP contribution in [0.2, 0.25) is 0 Å². The Morgan fingerprint density at radius 3 is 2.81 bits per heavy atom. The number of carbonyl (C=O) groups is 1. The first kappa shape index (κ1) is 15.5. The van der Waals surface area contributed by atoms with Crippen LogP contribution in [0, 0.1) is 0 Å². The minimum Gasteiger partial charge on any atom is -0.394 e. The Bertz CT molecular complexity index is 421. The van der Waals surface area contributed by atoms with Crippen molar-refractivity contribution < 1.29 is 14.6 Å². The van der Waals surface area contributed by atoms with Crippen LogP contribution in [0.3, 0.4) is 0 Å². The first-order valence-electron chi connectivity index (χ1n) is 7.17. The van der Waals surface area contributed by atoms with Crippen LogP contribution < -0.4 is 10.2 Å². The number of anilines is 1. The highest BCUT2D eigenvalue weighted by Crippen LogP contribution is 2.14. The van der Waals surface area contributed by atoms with E-state index in [1.807, 2.05) is 18.3 Å². The number of ether oxygens (including phenoxy) is 1. The number of amides is 2. The van der Waals surface area contributed by atoms with Crippen molar-refractivity contribution in [3.63, 3.8) is 0 Å². The molecule has 2 N–H and O–H groups in total. The third-order valence-electron chi connectivity index (χ3n) is 3.34. The topological polar surface area (TPSA) is 77.9 Å². The summed E-state index contributed by atoms with van der Waals surface area (Å²) in [7, 11) is 0. The van der Waals surface area contributed by atoms with Gasteiger partial charge in [-0.15, -0.1) is 0 Å². The summed E-state index contributed by atoms with van der Waals surface area (Å²) in [6.45, 7) is 4.18. The molecular formula is C14H22N4O3. The predicted molar refractivity (Wildman–Crippen MR) is 79.3 cm³/mol. The van der Waals surface area contributed by atoms with Crippen LogP contribution in [0.25, 0.3) is 0 Å². The molecule has 1 aromatic rings. The molecule has 1 saturated heterocycles. The molecule has 7 heteroatoms. The Labute approximate surface area is 124 Å². The largest absolute Gasteiger partial charge is 0.394 e. The highest BCUT2D eigenvalue weighted by atomic mass is 16.5. The molecule has 0 atom stereocenters. The first-order valence-corrected chi connectivity index (χ1v) is 7.17. The molecule has 1 aromatic heterocycles. The molecule has 2 rings (SSSR count). The fraction of sp³-hybridized carbons (Fsp3) is 0.571. The van der Waals surface area contributed by atoms with Gasteiger partial charge in [0.1, 0.15) is 0 Å². The Morgan fingerprint density at radius 1 is 1.33 bits per heavy atom. The van der Waals surface area contributed by atoms with Gasteiger partial charge >= 0.3 is 6.03 Å². The van der Waals surface area contributed by atoms with E-state index in [1.54, 1.807) is 11.1 Å². The van der Waals surface area contributed by atoms with Crippen molar-refractivity contribution in [3.8, 4) is 0 Å². The highest BCUT2D eigenvalue weighted by molar-refractivity contribution is 5.74. The Hall–Kier alpha value is -1.86. The van der Waals surface area contributed by atoms with Gasteiger partial charge in [0.2, 0.25) is 0 Å². The highest BCUT2D eigenvalue weighted by Gasteiger charge is 2.20. The van der Waals surface area contributed by atoms with Crippen LogP contribution in [0.15, 0.2) is 24.5 Å². The van der Waals surface area contributed by atoms with Crippen LogP contribution in [0.5, 0.6) is 0 Å². The van der Waals surface area contributed by atoms with Gasteiger partial charge in [-0.25, -0.2) is 4.79 Å². The van der Waals surface area contributed by atoms with Gasteiger partial charge in [0, 0.05) is 38.9 Å². The van der Waals surface area contributed by atoms with Gasteiger partial charge in [-0.05, 0) is 12.1 Å². The second kappa shape index (κ2) is 8.43. The molecule has 116 valence electrons. The second-order valence-corrected chi connectivity index (χ2v) is 4.75. The molecule has 21 heavy (non-hydrogen) atoms. The molecule has 0 unspecified atom stereocenters. The average molecular weight is 294 g/mol. The van der Waals surface area contributed by atoms with Crippen molar-refractivity contribution in [1.82, 2.24) is 15.2 Å². The van der Waals surface area contributed by atoms with Crippen molar-refractivity contribution in [2.24, 2.45) is 0 Å². The monoisotopic (exact) mass is 294 g/mol. The fourth-order valence-electron chi connectivity index (χ4n) is 2.22. The van der Waals surface area contributed by atoms with Gasteiger partial charge in [0.25, 0.3) is 0 Å². The first-order chi connectivity index (χ1) is 10.3. The Morgan fingerprint density at radius 2 is 2.14 bits per heavy atom. The number of aliphatic hydroxyl groups excluding tert-OH is 1. The minimum atomic E-state index is -0.0616. The van der Waals surface area contributed by atoms with Crippen molar-refractivity contribution in [2.75, 3.05) is 57.4 Å². The number of carbonyl (C=O) groups excluding carboxylic acids is 1. The smallest absolute Gasteiger partial charge is 0.317 e. The fourth-order valence-corrected chi connectivity index (χ4v) is 2.22. The summed E-state index contributed by atoms with van der Waals surface area (Å²) in [4.78, 5) is 20.1. The number of hydrogen-bond acceptors (Lipinski definition) is 5. The van der Waals surface area contributed by atoms with Crippen LogP contribution in [0.4, 0.5) is 10.5 Å². The van der Waals surface area contributed by atoms with E-state index < -0.39 is 0 Å². The zero-order valence-corrected chi connectivity index (χ0v) is 12.1. The number of urea groups is 1. The lowest BCUT2D eigenvalue weighted by Gasteiger charge is -2.35. The van der Waals surface area contributed by atoms with Gasteiger partial charge in [0.05, 0.1) is 31.7 Å². The van der Waals surface area contributed by atoms with Gasteiger partial charge in [-0.2, -0.15) is 0 Å². The summed E-state index contributed by atoms with van der Waals surface area (Å²) in [6.07, 6.45) is 3.60. The number of aliphatic hydroxyl groups is 1. The molecule has 0 bridgehead atoms. The molecule has 1 aliphatic rings. The number of piperazine rings is 1. The number of pyridine rings is 1. The number of aromatic nitrogens is 1. The SMILES string of the molecule is O=C(NCCOCCO)N1CCN(c2cccnc2)CC1. The van der Waals surface area contributed by atoms with E-state index in [1.165, 1.54) is 0 Å². The molecular weight excluding hydrogens is 272 g/mol. The molecule has 1 aliphatic heterocycles. The standard InChI is InChI=1S/C14H22N4O3/c19-9-11-21-10-4-16-14(20)18-7-5-17(6-8-18)13-2-1-3-15-12-13/h1-3,12,19H,4-11H2,(H,16,20). The van der Waals surface area contributed by atoms with E-state index in [2.05, 4.69) is 15.2 Å². The Kier molecular flexibility index (Phi) is 6.23. The lowest BCUT2D eigenvalue weighted by atomic mass is 10.3. The quantitative estimate of drug-likeness (QED) is 0.718. The molecule has 1 fully saturated rings. The zero-order chi connectivity index (χ0) is 14.9. The van der Waals surface area contributed by atoms with E-state index >= 15 is 0 Å². The summed E-state index contributed by atoms with van der Waals surface area (Å²) in [5, 5.41) is 11.4. The molecule has 0 aromatic carbocycles. The lowest BCUT2D eigenvalue weighted by Crippen LogP contribution is -2.52. The Balaban J connectivity index is 1.67. The number of nitrogens with zero attached hydrogens (tertiary/aromatic N) is 3. The summed E-state index contributed by atoms with van der Waals surface area (Å²) in [6, 6.07) is 3.88. The van der Waals surface area contributed by atoms with Crippen molar-refractivity contribution in [3.05, 3.63) is 24.5 Å². The third-order valence-corrected chi connectivity index (χ3v) is 3.34. The average Bonchev–Trinajstić information content (AvgIpc) is 2.55. The maximum Gasteiger partial charge on any atom is 0.317 e. The number of nitrogens with one attached hydrogen (secondary N) is 1.